The predicted octanol–water partition coefficient (Wildman–Crippen LogP) is 4.18. The summed E-state index contributed by atoms with van der Waals surface area (Å²) >= 11 is 5.94. The molecule has 37 heavy (non-hydrogen) atoms. The number of methoxy groups -OCH3 is 1. The van der Waals surface area contributed by atoms with Gasteiger partial charge in [-0.15, -0.1) is 10.2 Å². The van der Waals surface area contributed by atoms with Crippen molar-refractivity contribution in [2.75, 3.05) is 7.11 Å². The SMILES string of the molecule is COc1ccccc1-n1nc(Cn2nc(-c3ccc(Cl)cc3)n(CCC(F)(F)F)c2=O)nc1C(C)(C)O. The van der Waals surface area contributed by atoms with E-state index in [1.165, 1.54) is 25.6 Å². The first-order valence-electron chi connectivity index (χ1n) is 11.2. The maximum absolute atomic E-state index is 13.1. The van der Waals surface area contributed by atoms with Gasteiger partial charge in [-0.3, -0.25) is 4.57 Å². The van der Waals surface area contributed by atoms with Gasteiger partial charge in [0.1, 0.15) is 23.6 Å². The first-order chi connectivity index (χ1) is 17.4. The van der Waals surface area contributed by atoms with Crippen LogP contribution in [0, 0.1) is 0 Å². The van der Waals surface area contributed by atoms with Gasteiger partial charge >= 0.3 is 11.9 Å². The summed E-state index contributed by atoms with van der Waals surface area (Å²) in [7, 11) is 1.49. The molecule has 0 amide bonds. The van der Waals surface area contributed by atoms with Gasteiger partial charge in [0.15, 0.2) is 17.5 Å². The molecule has 0 unspecified atom stereocenters. The molecule has 0 radical (unpaired) electrons. The standard InChI is InChI=1S/C24H24ClF3N6O3/c1-23(2,36)21-29-19(30-34(21)17-6-4-5-7-18(17)37-3)14-33-22(35)32(13-12-24(26,27)28)20(31-33)15-8-10-16(25)11-9-15/h4-11,36H,12-14H2,1-3H3. The van der Waals surface area contributed by atoms with E-state index in [1.807, 2.05) is 0 Å². The van der Waals surface area contributed by atoms with Crippen molar-refractivity contribution in [2.24, 2.45) is 0 Å². The molecular weight excluding hydrogens is 513 g/mol. The van der Waals surface area contributed by atoms with E-state index in [2.05, 4.69) is 15.2 Å². The number of hydrogen-bond donors (Lipinski definition) is 1. The quantitative estimate of drug-likeness (QED) is 0.362. The van der Waals surface area contributed by atoms with E-state index in [9.17, 15) is 23.1 Å². The Morgan fingerprint density at radius 3 is 2.35 bits per heavy atom. The second kappa shape index (κ2) is 10.0. The number of aliphatic hydroxyl groups is 1. The molecule has 196 valence electrons. The number of halogens is 4. The molecule has 0 fully saturated rings. The Labute approximate surface area is 214 Å². The van der Waals surface area contributed by atoms with Crippen LogP contribution < -0.4 is 10.4 Å². The molecular formula is C24H24ClF3N6O3. The van der Waals surface area contributed by atoms with E-state index < -0.39 is 30.4 Å². The van der Waals surface area contributed by atoms with Gasteiger partial charge in [0.05, 0.1) is 13.5 Å². The van der Waals surface area contributed by atoms with E-state index in [-0.39, 0.29) is 24.0 Å². The zero-order valence-electron chi connectivity index (χ0n) is 20.2. The van der Waals surface area contributed by atoms with Crippen molar-refractivity contribution in [1.82, 2.24) is 29.1 Å². The predicted molar refractivity (Wildman–Crippen MR) is 130 cm³/mol. The number of rotatable bonds is 8. The van der Waals surface area contributed by atoms with Gasteiger partial charge in [0.2, 0.25) is 0 Å². The van der Waals surface area contributed by atoms with E-state index >= 15 is 0 Å². The van der Waals surface area contributed by atoms with Crippen LogP contribution in [0.2, 0.25) is 5.02 Å². The number of nitrogens with zero attached hydrogens (tertiary/aromatic N) is 6. The summed E-state index contributed by atoms with van der Waals surface area (Å²) < 4.78 is 47.7. The Bertz CT molecular complexity index is 1450. The van der Waals surface area contributed by atoms with Crippen LogP contribution in [0.5, 0.6) is 5.75 Å². The van der Waals surface area contributed by atoms with Gasteiger partial charge in [0.25, 0.3) is 0 Å². The highest BCUT2D eigenvalue weighted by Crippen LogP contribution is 2.28. The van der Waals surface area contributed by atoms with Crippen molar-refractivity contribution in [3.05, 3.63) is 75.7 Å². The summed E-state index contributed by atoms with van der Waals surface area (Å²) in [5.74, 6) is 0.823. The number of para-hydroxylation sites is 2. The maximum atomic E-state index is 13.1. The monoisotopic (exact) mass is 536 g/mol. The maximum Gasteiger partial charge on any atom is 0.390 e. The van der Waals surface area contributed by atoms with E-state index in [4.69, 9.17) is 16.3 Å². The van der Waals surface area contributed by atoms with Crippen LogP contribution in [0.1, 0.15) is 31.9 Å². The number of hydrogen-bond acceptors (Lipinski definition) is 6. The topological polar surface area (TPSA) is 100.0 Å². The van der Waals surface area contributed by atoms with Gasteiger partial charge in [-0.05, 0) is 50.2 Å². The Hall–Kier alpha value is -3.64. The van der Waals surface area contributed by atoms with Crippen molar-refractivity contribution < 1.29 is 23.0 Å². The Morgan fingerprint density at radius 2 is 1.73 bits per heavy atom. The lowest BCUT2D eigenvalue weighted by atomic mass is 10.1. The summed E-state index contributed by atoms with van der Waals surface area (Å²) in [5.41, 5.74) is -1.25. The molecule has 0 aliphatic heterocycles. The molecule has 0 bridgehead atoms. The summed E-state index contributed by atoms with van der Waals surface area (Å²) in [6, 6.07) is 13.2. The summed E-state index contributed by atoms with van der Waals surface area (Å²) in [6.07, 6.45) is -5.67. The van der Waals surface area contributed by atoms with Crippen LogP contribution in [-0.2, 0) is 18.7 Å². The van der Waals surface area contributed by atoms with Gasteiger partial charge in [-0.1, -0.05) is 23.7 Å². The van der Waals surface area contributed by atoms with Crippen LogP contribution in [0.3, 0.4) is 0 Å². The molecule has 4 rings (SSSR count). The number of alkyl halides is 3. The minimum atomic E-state index is -4.46. The second-order valence-electron chi connectivity index (χ2n) is 8.78. The summed E-state index contributed by atoms with van der Waals surface area (Å²) in [6.45, 7) is 2.20. The first kappa shape index (κ1) is 26.4. The minimum Gasteiger partial charge on any atom is -0.494 e. The van der Waals surface area contributed by atoms with E-state index in [0.717, 1.165) is 9.25 Å². The van der Waals surface area contributed by atoms with Crippen molar-refractivity contribution in [3.8, 4) is 22.8 Å². The van der Waals surface area contributed by atoms with Crippen LogP contribution in [0.4, 0.5) is 13.2 Å². The fourth-order valence-corrected chi connectivity index (χ4v) is 3.85. The van der Waals surface area contributed by atoms with Gasteiger partial charge < -0.3 is 9.84 Å². The fraction of sp³-hybridized carbons (Fsp3) is 0.333. The third-order valence-corrected chi connectivity index (χ3v) is 5.70. The number of benzene rings is 2. The van der Waals surface area contributed by atoms with Crippen LogP contribution in [0.25, 0.3) is 17.1 Å². The summed E-state index contributed by atoms with van der Waals surface area (Å²) in [5, 5.41) is 19.9. The van der Waals surface area contributed by atoms with Crippen molar-refractivity contribution in [1.29, 1.82) is 0 Å². The zero-order valence-corrected chi connectivity index (χ0v) is 21.0. The normalized spacial score (nSPS) is 12.2. The molecule has 0 saturated carbocycles. The lowest BCUT2D eigenvalue weighted by Crippen LogP contribution is -2.27. The second-order valence-corrected chi connectivity index (χ2v) is 9.22. The average Bonchev–Trinajstić information content (AvgIpc) is 3.39. The molecule has 2 aromatic heterocycles. The third-order valence-electron chi connectivity index (χ3n) is 5.45. The average molecular weight is 537 g/mol. The largest absolute Gasteiger partial charge is 0.494 e. The molecule has 0 saturated heterocycles. The number of ether oxygens (including phenoxy) is 1. The van der Waals surface area contributed by atoms with Crippen molar-refractivity contribution in [2.45, 2.75) is 45.1 Å². The smallest absolute Gasteiger partial charge is 0.390 e. The van der Waals surface area contributed by atoms with Gasteiger partial charge in [0, 0.05) is 17.1 Å². The molecule has 0 spiro atoms. The molecule has 1 N–H and O–H groups in total. The van der Waals surface area contributed by atoms with Gasteiger partial charge in [-0.2, -0.15) is 13.2 Å². The molecule has 13 heteroatoms. The van der Waals surface area contributed by atoms with E-state index in [0.29, 0.717) is 22.0 Å². The summed E-state index contributed by atoms with van der Waals surface area (Å²) in [4.78, 5) is 17.6. The highest BCUT2D eigenvalue weighted by molar-refractivity contribution is 6.30. The lowest BCUT2D eigenvalue weighted by Gasteiger charge is -2.18. The zero-order chi connectivity index (χ0) is 27.0. The molecule has 4 aromatic rings. The van der Waals surface area contributed by atoms with Crippen LogP contribution >= 0.6 is 11.6 Å². The fourth-order valence-electron chi connectivity index (χ4n) is 3.72. The Kier molecular flexibility index (Phi) is 7.16. The highest BCUT2D eigenvalue weighted by Gasteiger charge is 2.30. The molecule has 0 aliphatic carbocycles. The first-order valence-corrected chi connectivity index (χ1v) is 11.6. The molecule has 9 nitrogen and oxygen atoms in total. The van der Waals surface area contributed by atoms with E-state index in [1.54, 1.807) is 48.5 Å². The Balaban J connectivity index is 1.78. The minimum absolute atomic E-state index is 0.0535. The molecule has 2 aromatic carbocycles. The van der Waals surface area contributed by atoms with Crippen LogP contribution in [-0.4, -0.2) is 47.5 Å². The molecule has 0 aliphatic rings. The Morgan fingerprint density at radius 1 is 1.05 bits per heavy atom. The highest BCUT2D eigenvalue weighted by atomic mass is 35.5. The third kappa shape index (κ3) is 5.86. The van der Waals surface area contributed by atoms with Crippen molar-refractivity contribution >= 4 is 11.6 Å². The lowest BCUT2D eigenvalue weighted by molar-refractivity contribution is -0.136. The van der Waals surface area contributed by atoms with Crippen molar-refractivity contribution in [3.63, 3.8) is 0 Å². The van der Waals surface area contributed by atoms with Gasteiger partial charge in [-0.25, -0.2) is 19.1 Å². The van der Waals surface area contributed by atoms with Crippen LogP contribution in [0.15, 0.2) is 53.3 Å². The number of aromatic nitrogens is 6. The molecule has 0 atom stereocenters. The molecule has 2 heterocycles.